The van der Waals surface area contributed by atoms with Gasteiger partial charge in [0.15, 0.2) is 0 Å². The van der Waals surface area contributed by atoms with Crippen LogP contribution >= 0.6 is 28.3 Å². The van der Waals surface area contributed by atoms with Crippen LogP contribution in [0.2, 0.25) is 0 Å². The third-order valence-corrected chi connectivity index (χ3v) is 3.24. The molecule has 0 bridgehead atoms. The van der Waals surface area contributed by atoms with Crippen LogP contribution in [-0.2, 0) is 5.41 Å². The zero-order chi connectivity index (χ0) is 9.47. The van der Waals surface area contributed by atoms with Crippen LogP contribution in [0.3, 0.4) is 0 Å². The molecule has 1 aromatic carbocycles. The fourth-order valence-electron chi connectivity index (χ4n) is 1.65. The Morgan fingerprint density at radius 3 is 2.50 bits per heavy atom. The van der Waals surface area contributed by atoms with E-state index in [4.69, 9.17) is 5.73 Å². The Labute approximate surface area is 97.4 Å². The molecule has 0 spiro atoms. The van der Waals surface area contributed by atoms with Crippen molar-refractivity contribution in [3.05, 3.63) is 34.1 Å². The van der Waals surface area contributed by atoms with Crippen molar-refractivity contribution >= 4 is 28.3 Å². The smallest absolute Gasteiger partial charge is 0.128 e. The van der Waals surface area contributed by atoms with E-state index in [-0.39, 0.29) is 23.6 Å². The number of hydrogen-bond acceptors (Lipinski definition) is 1. The van der Waals surface area contributed by atoms with E-state index >= 15 is 0 Å². The van der Waals surface area contributed by atoms with Crippen LogP contribution in [0.5, 0.6) is 0 Å². The van der Waals surface area contributed by atoms with Crippen molar-refractivity contribution in [1.82, 2.24) is 0 Å². The summed E-state index contributed by atoms with van der Waals surface area (Å²) in [6.07, 6.45) is 2.03. The van der Waals surface area contributed by atoms with Crippen LogP contribution in [0.4, 0.5) is 4.39 Å². The lowest BCUT2D eigenvalue weighted by atomic mass is 9.96. The lowest BCUT2D eigenvalue weighted by molar-refractivity contribution is 0.572. The molecule has 1 aliphatic rings. The minimum atomic E-state index is -0.141. The van der Waals surface area contributed by atoms with Crippen LogP contribution in [-0.4, -0.2) is 6.54 Å². The average molecular weight is 281 g/mol. The van der Waals surface area contributed by atoms with Crippen molar-refractivity contribution in [2.45, 2.75) is 18.3 Å². The molecule has 0 aromatic heterocycles. The molecule has 1 saturated carbocycles. The van der Waals surface area contributed by atoms with Gasteiger partial charge >= 0.3 is 0 Å². The molecule has 1 nitrogen and oxygen atoms in total. The number of benzene rings is 1. The first-order valence-electron chi connectivity index (χ1n) is 4.33. The van der Waals surface area contributed by atoms with Crippen LogP contribution in [0.15, 0.2) is 22.7 Å². The van der Waals surface area contributed by atoms with E-state index in [9.17, 15) is 4.39 Å². The molecular formula is C10H12BrClFN. The van der Waals surface area contributed by atoms with Gasteiger partial charge in [-0.3, -0.25) is 0 Å². The first kappa shape index (κ1) is 12.0. The summed E-state index contributed by atoms with van der Waals surface area (Å²) in [5, 5.41) is 0. The molecule has 0 radical (unpaired) electrons. The first-order valence-corrected chi connectivity index (χ1v) is 5.13. The van der Waals surface area contributed by atoms with E-state index in [0.717, 1.165) is 22.9 Å². The van der Waals surface area contributed by atoms with Gasteiger partial charge in [0.1, 0.15) is 5.82 Å². The second-order valence-corrected chi connectivity index (χ2v) is 4.52. The maximum absolute atomic E-state index is 13.5. The summed E-state index contributed by atoms with van der Waals surface area (Å²) < 4.78 is 14.3. The predicted molar refractivity (Wildman–Crippen MR) is 61.3 cm³/mol. The predicted octanol–water partition coefficient (Wildman–Crippen LogP) is 3.00. The third-order valence-electron chi connectivity index (χ3n) is 2.75. The van der Waals surface area contributed by atoms with Gasteiger partial charge in [-0.15, -0.1) is 12.4 Å². The average Bonchev–Trinajstić information content (AvgIpc) is 2.85. The lowest BCUT2D eigenvalue weighted by Gasteiger charge is -2.13. The molecule has 78 valence electrons. The second kappa shape index (κ2) is 4.17. The van der Waals surface area contributed by atoms with Gasteiger partial charge < -0.3 is 5.73 Å². The van der Waals surface area contributed by atoms with Crippen molar-refractivity contribution in [2.75, 3.05) is 6.54 Å². The van der Waals surface area contributed by atoms with Gasteiger partial charge in [0.25, 0.3) is 0 Å². The highest BCUT2D eigenvalue weighted by Crippen LogP contribution is 2.48. The minimum Gasteiger partial charge on any atom is -0.330 e. The fraction of sp³-hybridized carbons (Fsp3) is 0.400. The number of nitrogens with two attached hydrogens (primary N) is 1. The topological polar surface area (TPSA) is 26.0 Å². The van der Waals surface area contributed by atoms with Gasteiger partial charge in [0.05, 0.1) is 0 Å². The molecule has 1 aromatic rings. The van der Waals surface area contributed by atoms with Crippen LogP contribution in [0.1, 0.15) is 18.4 Å². The lowest BCUT2D eigenvalue weighted by Crippen LogP contribution is -2.20. The molecule has 14 heavy (non-hydrogen) atoms. The summed E-state index contributed by atoms with van der Waals surface area (Å²) >= 11 is 3.23. The van der Waals surface area contributed by atoms with E-state index in [2.05, 4.69) is 15.9 Å². The Balaban J connectivity index is 0.000000980. The van der Waals surface area contributed by atoms with Crippen molar-refractivity contribution in [1.29, 1.82) is 0 Å². The molecule has 2 N–H and O–H groups in total. The largest absolute Gasteiger partial charge is 0.330 e. The Kier molecular flexibility index (Phi) is 3.56. The quantitative estimate of drug-likeness (QED) is 0.885. The molecule has 0 atom stereocenters. The highest BCUT2D eigenvalue weighted by Gasteiger charge is 2.44. The summed E-state index contributed by atoms with van der Waals surface area (Å²) in [4.78, 5) is 0. The van der Waals surface area contributed by atoms with Gasteiger partial charge in [0.2, 0.25) is 0 Å². The van der Waals surface area contributed by atoms with E-state index in [0.29, 0.717) is 6.54 Å². The van der Waals surface area contributed by atoms with E-state index in [1.165, 1.54) is 6.07 Å². The van der Waals surface area contributed by atoms with Gasteiger partial charge in [-0.25, -0.2) is 4.39 Å². The van der Waals surface area contributed by atoms with Crippen LogP contribution in [0.25, 0.3) is 0 Å². The summed E-state index contributed by atoms with van der Waals surface area (Å²) in [7, 11) is 0. The zero-order valence-electron chi connectivity index (χ0n) is 7.59. The highest BCUT2D eigenvalue weighted by atomic mass is 79.9. The maximum atomic E-state index is 13.5. The number of hydrogen-bond donors (Lipinski definition) is 1. The Morgan fingerprint density at radius 1 is 1.43 bits per heavy atom. The molecule has 0 aliphatic heterocycles. The molecule has 1 aliphatic carbocycles. The highest BCUT2D eigenvalue weighted by molar-refractivity contribution is 9.10. The normalized spacial score (nSPS) is 17.4. The monoisotopic (exact) mass is 279 g/mol. The van der Waals surface area contributed by atoms with E-state index in [1.54, 1.807) is 0 Å². The third kappa shape index (κ3) is 1.95. The van der Waals surface area contributed by atoms with E-state index in [1.807, 2.05) is 12.1 Å². The summed E-state index contributed by atoms with van der Waals surface area (Å²) in [6.45, 7) is 0.547. The molecule has 0 unspecified atom stereocenters. The molecular weight excluding hydrogens is 268 g/mol. The number of rotatable bonds is 2. The van der Waals surface area contributed by atoms with Gasteiger partial charge in [0, 0.05) is 16.4 Å². The van der Waals surface area contributed by atoms with Gasteiger partial charge in [-0.2, -0.15) is 0 Å². The Hall–Kier alpha value is -0.120. The summed E-state index contributed by atoms with van der Waals surface area (Å²) in [5.74, 6) is -0.141. The fourth-order valence-corrected chi connectivity index (χ4v) is 1.99. The van der Waals surface area contributed by atoms with Gasteiger partial charge in [-0.05, 0) is 30.5 Å². The van der Waals surface area contributed by atoms with Crippen LogP contribution < -0.4 is 5.73 Å². The molecule has 2 rings (SSSR count). The Morgan fingerprint density at radius 2 is 2.07 bits per heavy atom. The molecule has 0 amide bonds. The van der Waals surface area contributed by atoms with Crippen molar-refractivity contribution in [3.8, 4) is 0 Å². The minimum absolute atomic E-state index is 0. The summed E-state index contributed by atoms with van der Waals surface area (Å²) in [6, 6.07) is 5.21. The molecule has 4 heteroatoms. The van der Waals surface area contributed by atoms with Crippen molar-refractivity contribution in [2.24, 2.45) is 5.73 Å². The zero-order valence-corrected chi connectivity index (χ0v) is 10.00. The molecule has 0 saturated heterocycles. The molecule has 1 fully saturated rings. The summed E-state index contributed by atoms with van der Waals surface area (Å²) in [5.41, 5.74) is 6.35. The second-order valence-electron chi connectivity index (χ2n) is 3.61. The van der Waals surface area contributed by atoms with E-state index < -0.39 is 0 Å². The number of halogens is 3. The SMILES string of the molecule is Cl.NCC1(c2ccc(Br)cc2F)CC1. The first-order chi connectivity index (χ1) is 6.18. The van der Waals surface area contributed by atoms with Crippen molar-refractivity contribution in [3.63, 3.8) is 0 Å². The Bertz CT molecular complexity index is 339. The molecule has 0 heterocycles. The standard InChI is InChI=1S/C10H11BrFN.ClH/c11-7-1-2-8(9(12)5-7)10(6-13)3-4-10;/h1-2,5H,3-4,6,13H2;1H. The van der Waals surface area contributed by atoms with Gasteiger partial charge in [-0.1, -0.05) is 22.0 Å². The van der Waals surface area contributed by atoms with Crippen molar-refractivity contribution < 1.29 is 4.39 Å². The van der Waals surface area contributed by atoms with Crippen LogP contribution in [0, 0.1) is 5.82 Å². The maximum Gasteiger partial charge on any atom is 0.128 e.